The van der Waals surface area contributed by atoms with Gasteiger partial charge in [-0.1, -0.05) is 17.5 Å². The molecule has 0 saturated heterocycles. The maximum absolute atomic E-state index is 11.3. The molecular weight excluding hydrogens is 186 g/mol. The first-order valence-electron chi connectivity index (χ1n) is 3.67. The van der Waals surface area contributed by atoms with Gasteiger partial charge in [-0.05, 0) is 18.2 Å². The molecule has 0 heterocycles. The summed E-state index contributed by atoms with van der Waals surface area (Å²) in [6.07, 6.45) is 5.07. The van der Waals surface area contributed by atoms with Crippen molar-refractivity contribution in [3.05, 3.63) is 28.8 Å². The van der Waals surface area contributed by atoms with Crippen LogP contribution < -0.4 is 5.73 Å². The zero-order chi connectivity index (χ0) is 9.84. The lowest BCUT2D eigenvalue weighted by Crippen LogP contribution is -1.99. The van der Waals surface area contributed by atoms with E-state index in [-0.39, 0.29) is 12.2 Å². The average Bonchev–Trinajstić information content (AvgIpc) is 2.04. The van der Waals surface area contributed by atoms with Crippen LogP contribution in [0.3, 0.4) is 0 Å². The minimum Gasteiger partial charge on any atom is -0.399 e. The Morgan fingerprint density at radius 1 is 1.62 bits per heavy atom. The standard InChI is InChI=1S/C10H8ClNO/c1-2-3-10(13)8-5-4-7(12)6-9(8)11/h1,4-6H,3,12H2. The quantitative estimate of drug-likeness (QED) is 0.444. The van der Waals surface area contributed by atoms with E-state index in [4.69, 9.17) is 23.8 Å². The van der Waals surface area contributed by atoms with Crippen LogP contribution in [0, 0.1) is 12.3 Å². The summed E-state index contributed by atoms with van der Waals surface area (Å²) in [5.41, 5.74) is 6.42. The number of hydrogen-bond acceptors (Lipinski definition) is 2. The van der Waals surface area contributed by atoms with Crippen molar-refractivity contribution in [2.45, 2.75) is 6.42 Å². The average molecular weight is 194 g/mol. The summed E-state index contributed by atoms with van der Waals surface area (Å²) in [5.74, 6) is 2.11. The molecule has 0 aliphatic carbocycles. The Morgan fingerprint density at radius 3 is 2.85 bits per heavy atom. The molecular formula is C10H8ClNO. The Labute approximate surface area is 81.7 Å². The Balaban J connectivity index is 3.03. The van der Waals surface area contributed by atoms with Gasteiger partial charge in [-0.2, -0.15) is 0 Å². The fraction of sp³-hybridized carbons (Fsp3) is 0.100. The lowest BCUT2D eigenvalue weighted by molar-refractivity contribution is 0.0998. The summed E-state index contributed by atoms with van der Waals surface area (Å²) in [6.45, 7) is 0. The van der Waals surface area contributed by atoms with E-state index in [2.05, 4.69) is 5.92 Å². The van der Waals surface area contributed by atoms with E-state index in [9.17, 15) is 4.79 Å². The van der Waals surface area contributed by atoms with Gasteiger partial charge in [-0.25, -0.2) is 0 Å². The van der Waals surface area contributed by atoms with Gasteiger partial charge in [0.25, 0.3) is 0 Å². The second kappa shape index (κ2) is 3.97. The fourth-order valence-corrected chi connectivity index (χ4v) is 1.24. The maximum Gasteiger partial charge on any atom is 0.176 e. The maximum atomic E-state index is 11.3. The van der Waals surface area contributed by atoms with Crippen LogP contribution in [0.2, 0.25) is 5.02 Å². The molecule has 0 aliphatic rings. The zero-order valence-corrected chi connectivity index (χ0v) is 7.64. The Bertz CT molecular complexity index is 379. The monoisotopic (exact) mass is 193 g/mol. The van der Waals surface area contributed by atoms with Gasteiger partial charge in [0.15, 0.2) is 5.78 Å². The molecule has 66 valence electrons. The van der Waals surface area contributed by atoms with Crippen molar-refractivity contribution < 1.29 is 4.79 Å². The zero-order valence-electron chi connectivity index (χ0n) is 6.88. The Hall–Kier alpha value is -1.46. The van der Waals surface area contributed by atoms with Crippen molar-refractivity contribution in [1.82, 2.24) is 0 Å². The number of benzene rings is 1. The topological polar surface area (TPSA) is 43.1 Å². The molecule has 2 N–H and O–H groups in total. The first-order valence-corrected chi connectivity index (χ1v) is 4.04. The fourth-order valence-electron chi connectivity index (χ4n) is 0.945. The van der Waals surface area contributed by atoms with Gasteiger partial charge < -0.3 is 5.73 Å². The van der Waals surface area contributed by atoms with Crippen LogP contribution in [0.15, 0.2) is 18.2 Å². The van der Waals surface area contributed by atoms with E-state index < -0.39 is 0 Å². The number of halogens is 1. The van der Waals surface area contributed by atoms with Gasteiger partial charge >= 0.3 is 0 Å². The van der Waals surface area contributed by atoms with Crippen LogP contribution in [0.25, 0.3) is 0 Å². The van der Waals surface area contributed by atoms with Crippen molar-refractivity contribution in [2.24, 2.45) is 0 Å². The van der Waals surface area contributed by atoms with Crippen LogP contribution >= 0.6 is 11.6 Å². The molecule has 0 unspecified atom stereocenters. The number of nitrogens with two attached hydrogens (primary N) is 1. The smallest absolute Gasteiger partial charge is 0.176 e. The summed E-state index contributed by atoms with van der Waals surface area (Å²) in [7, 11) is 0. The molecule has 0 amide bonds. The lowest BCUT2D eigenvalue weighted by Gasteiger charge is -2.01. The number of carbonyl (C=O) groups is 1. The lowest BCUT2D eigenvalue weighted by atomic mass is 10.1. The highest BCUT2D eigenvalue weighted by atomic mass is 35.5. The molecule has 0 aliphatic heterocycles. The van der Waals surface area contributed by atoms with Crippen LogP contribution in [0.1, 0.15) is 16.8 Å². The second-order valence-electron chi connectivity index (χ2n) is 2.54. The third-order valence-electron chi connectivity index (χ3n) is 1.56. The number of anilines is 1. The van der Waals surface area contributed by atoms with Crippen molar-refractivity contribution in [3.8, 4) is 12.3 Å². The molecule has 0 spiro atoms. The van der Waals surface area contributed by atoms with Crippen molar-refractivity contribution in [3.63, 3.8) is 0 Å². The highest BCUT2D eigenvalue weighted by molar-refractivity contribution is 6.34. The largest absolute Gasteiger partial charge is 0.399 e. The van der Waals surface area contributed by atoms with Gasteiger partial charge in [0, 0.05) is 11.3 Å². The van der Waals surface area contributed by atoms with E-state index in [1.807, 2.05) is 0 Å². The first-order chi connectivity index (χ1) is 6.15. The molecule has 0 saturated carbocycles. The normalized spacial score (nSPS) is 9.23. The predicted molar refractivity (Wildman–Crippen MR) is 53.6 cm³/mol. The minimum absolute atomic E-state index is 0.0592. The van der Waals surface area contributed by atoms with Gasteiger partial charge in [-0.3, -0.25) is 4.79 Å². The molecule has 0 bridgehead atoms. The molecule has 0 atom stereocenters. The minimum atomic E-state index is -0.160. The van der Waals surface area contributed by atoms with Crippen molar-refractivity contribution in [2.75, 3.05) is 5.73 Å². The van der Waals surface area contributed by atoms with Gasteiger partial charge in [0.05, 0.1) is 11.4 Å². The molecule has 0 radical (unpaired) electrons. The number of rotatable bonds is 2. The van der Waals surface area contributed by atoms with Crippen molar-refractivity contribution >= 4 is 23.1 Å². The third kappa shape index (κ3) is 2.24. The highest BCUT2D eigenvalue weighted by Crippen LogP contribution is 2.20. The van der Waals surface area contributed by atoms with Crippen LogP contribution in [0.4, 0.5) is 5.69 Å². The van der Waals surface area contributed by atoms with Gasteiger partial charge in [0.2, 0.25) is 0 Å². The van der Waals surface area contributed by atoms with E-state index in [1.54, 1.807) is 12.1 Å². The third-order valence-corrected chi connectivity index (χ3v) is 1.87. The van der Waals surface area contributed by atoms with E-state index in [0.29, 0.717) is 16.3 Å². The predicted octanol–water partition coefficient (Wildman–Crippen LogP) is 2.13. The molecule has 0 aromatic heterocycles. The van der Waals surface area contributed by atoms with Crippen LogP contribution in [-0.4, -0.2) is 5.78 Å². The van der Waals surface area contributed by atoms with E-state index in [1.165, 1.54) is 6.07 Å². The number of ketones is 1. The van der Waals surface area contributed by atoms with Gasteiger partial charge in [0.1, 0.15) is 0 Å². The molecule has 0 fully saturated rings. The number of carbonyl (C=O) groups excluding carboxylic acids is 1. The SMILES string of the molecule is C#CCC(=O)c1ccc(N)cc1Cl. The first kappa shape index (κ1) is 9.63. The van der Waals surface area contributed by atoms with Crippen LogP contribution in [-0.2, 0) is 0 Å². The number of hydrogen-bond donors (Lipinski definition) is 1. The summed E-state index contributed by atoms with van der Waals surface area (Å²) in [4.78, 5) is 11.3. The van der Waals surface area contributed by atoms with E-state index in [0.717, 1.165) is 0 Å². The highest BCUT2D eigenvalue weighted by Gasteiger charge is 2.08. The summed E-state index contributed by atoms with van der Waals surface area (Å²) >= 11 is 5.79. The van der Waals surface area contributed by atoms with E-state index >= 15 is 0 Å². The molecule has 1 rings (SSSR count). The second-order valence-corrected chi connectivity index (χ2v) is 2.95. The number of Topliss-reactive ketones (excluding diaryl/α,β-unsaturated/α-hetero) is 1. The number of nitrogen functional groups attached to an aromatic ring is 1. The van der Waals surface area contributed by atoms with Crippen molar-refractivity contribution in [1.29, 1.82) is 0 Å². The molecule has 13 heavy (non-hydrogen) atoms. The Morgan fingerprint density at radius 2 is 2.31 bits per heavy atom. The summed E-state index contributed by atoms with van der Waals surface area (Å²) in [5, 5.41) is 0.347. The van der Waals surface area contributed by atoms with Gasteiger partial charge in [-0.15, -0.1) is 6.42 Å². The van der Waals surface area contributed by atoms with Crippen LogP contribution in [0.5, 0.6) is 0 Å². The molecule has 3 heteroatoms. The number of terminal acetylenes is 1. The molecule has 2 nitrogen and oxygen atoms in total. The molecule has 1 aromatic rings. The summed E-state index contributed by atoms with van der Waals surface area (Å²) in [6, 6.07) is 4.73. The molecule has 1 aromatic carbocycles. The summed E-state index contributed by atoms with van der Waals surface area (Å²) < 4.78 is 0. The Kier molecular flexibility index (Phi) is 2.94.